The highest BCUT2D eigenvalue weighted by Gasteiger charge is 2.18. The number of amides is 2. The van der Waals surface area contributed by atoms with Crippen LogP contribution in [0.15, 0.2) is 41.9 Å². The second-order valence-electron chi connectivity index (χ2n) is 7.73. The van der Waals surface area contributed by atoms with Crippen LogP contribution in [0.2, 0.25) is 0 Å². The molecule has 152 valence electrons. The van der Waals surface area contributed by atoms with Crippen LogP contribution in [-0.2, 0) is 10.2 Å². The molecule has 3 aromatic rings. The number of nitrogens with two attached hydrogens (primary N) is 1. The number of carbonyl (C=O) groups excluding carboxylic acids is 2. The number of rotatable bonds is 6. The highest BCUT2D eigenvalue weighted by atomic mass is 32.1. The van der Waals surface area contributed by atoms with Crippen molar-refractivity contribution >= 4 is 28.3 Å². The molecule has 1 unspecified atom stereocenters. The predicted molar refractivity (Wildman–Crippen MR) is 114 cm³/mol. The van der Waals surface area contributed by atoms with E-state index < -0.39 is 12.0 Å². The van der Waals surface area contributed by atoms with Gasteiger partial charge in [-0.3, -0.25) is 14.9 Å². The molecule has 0 bridgehead atoms. The fourth-order valence-electron chi connectivity index (χ4n) is 2.65. The number of thiazole rings is 1. The Morgan fingerprint density at radius 1 is 1.24 bits per heavy atom. The number of hydrogen-bond donors (Lipinski definition) is 3. The minimum absolute atomic E-state index is 0.0573. The first-order chi connectivity index (χ1) is 13.6. The van der Waals surface area contributed by atoms with Crippen LogP contribution < -0.4 is 15.8 Å². The summed E-state index contributed by atoms with van der Waals surface area (Å²) < 4.78 is 5.75. The monoisotopic (exact) mass is 412 g/mol. The van der Waals surface area contributed by atoms with Crippen LogP contribution >= 0.6 is 11.3 Å². The summed E-state index contributed by atoms with van der Waals surface area (Å²) >= 11 is 1.29. The second kappa shape index (κ2) is 8.08. The van der Waals surface area contributed by atoms with Gasteiger partial charge in [0.05, 0.1) is 5.69 Å². The van der Waals surface area contributed by atoms with Crippen LogP contribution in [0, 0.1) is 0 Å². The fraction of sp³-hybridized carbons (Fsp3) is 0.286. The minimum Gasteiger partial charge on any atom is -0.481 e. The molecule has 0 radical (unpaired) electrons. The molecular formula is C21H24N4O3S. The molecule has 8 heteroatoms. The molecule has 0 aliphatic rings. The third-order valence-electron chi connectivity index (χ3n) is 4.38. The Hall–Kier alpha value is -3.13. The number of nitrogens with zero attached hydrogens (tertiary/aromatic N) is 1. The number of anilines is 1. The van der Waals surface area contributed by atoms with Crippen molar-refractivity contribution in [2.45, 2.75) is 39.2 Å². The summed E-state index contributed by atoms with van der Waals surface area (Å²) in [5.74, 6) is -0.203. The lowest BCUT2D eigenvalue weighted by atomic mass is 9.87. The molecule has 0 saturated carbocycles. The van der Waals surface area contributed by atoms with Gasteiger partial charge in [0.1, 0.15) is 11.4 Å². The molecule has 2 amide bonds. The Kier molecular flexibility index (Phi) is 5.74. The Morgan fingerprint density at radius 2 is 1.93 bits per heavy atom. The van der Waals surface area contributed by atoms with Crippen LogP contribution in [0.3, 0.4) is 0 Å². The number of aromatic amines is 1. The van der Waals surface area contributed by atoms with Gasteiger partial charge in [-0.25, -0.2) is 4.98 Å². The molecule has 0 saturated heterocycles. The summed E-state index contributed by atoms with van der Waals surface area (Å²) in [6.45, 7) is 8.11. The first-order valence-corrected chi connectivity index (χ1v) is 10.0. The maximum atomic E-state index is 12.4. The van der Waals surface area contributed by atoms with Gasteiger partial charge < -0.3 is 15.5 Å². The van der Waals surface area contributed by atoms with E-state index in [1.165, 1.54) is 16.9 Å². The van der Waals surface area contributed by atoms with E-state index in [9.17, 15) is 9.59 Å². The molecule has 7 nitrogen and oxygen atoms in total. The third-order valence-corrected chi connectivity index (χ3v) is 5.14. The molecule has 2 aromatic heterocycles. The fourth-order valence-corrected chi connectivity index (χ4v) is 3.37. The topological polar surface area (TPSA) is 110 Å². The van der Waals surface area contributed by atoms with Gasteiger partial charge in [0.2, 0.25) is 0 Å². The Bertz CT molecular complexity index is 1020. The van der Waals surface area contributed by atoms with Gasteiger partial charge in [-0.1, -0.05) is 32.9 Å². The zero-order valence-corrected chi connectivity index (χ0v) is 17.6. The maximum Gasteiger partial charge on any atom is 0.266 e. The number of primary amides is 1. The molecule has 0 aliphatic carbocycles. The number of hydrogen-bond acceptors (Lipinski definition) is 5. The van der Waals surface area contributed by atoms with E-state index in [1.54, 1.807) is 24.6 Å². The van der Waals surface area contributed by atoms with Crippen LogP contribution in [0.5, 0.6) is 5.75 Å². The van der Waals surface area contributed by atoms with Crippen LogP contribution in [0.25, 0.3) is 11.3 Å². The average molecular weight is 413 g/mol. The molecule has 1 atom stereocenters. The van der Waals surface area contributed by atoms with E-state index in [0.29, 0.717) is 22.3 Å². The summed E-state index contributed by atoms with van der Waals surface area (Å²) in [7, 11) is 0. The lowest BCUT2D eigenvalue weighted by molar-refractivity contribution is -0.122. The summed E-state index contributed by atoms with van der Waals surface area (Å²) in [5.41, 5.74) is 8.16. The molecule has 4 N–H and O–H groups in total. The second-order valence-corrected chi connectivity index (χ2v) is 8.59. The van der Waals surface area contributed by atoms with Crippen LogP contribution in [0.4, 0.5) is 5.13 Å². The molecule has 2 heterocycles. The lowest BCUT2D eigenvalue weighted by Gasteiger charge is -2.20. The zero-order chi connectivity index (χ0) is 21.2. The molecule has 0 fully saturated rings. The summed E-state index contributed by atoms with van der Waals surface area (Å²) in [6.07, 6.45) is 0.963. The van der Waals surface area contributed by atoms with Gasteiger partial charge in [0.15, 0.2) is 11.2 Å². The number of nitrogens with one attached hydrogen (secondary N) is 2. The van der Waals surface area contributed by atoms with E-state index in [0.717, 1.165) is 5.56 Å². The van der Waals surface area contributed by atoms with Crippen molar-refractivity contribution in [3.05, 3.63) is 53.2 Å². The van der Waals surface area contributed by atoms with Gasteiger partial charge in [-0.05, 0) is 36.1 Å². The summed E-state index contributed by atoms with van der Waals surface area (Å²) in [4.78, 5) is 30.8. The molecule has 0 spiro atoms. The quantitative estimate of drug-likeness (QED) is 0.569. The summed E-state index contributed by atoms with van der Waals surface area (Å²) in [6, 6.07) is 9.37. The Morgan fingerprint density at radius 3 is 2.52 bits per heavy atom. The molecule has 29 heavy (non-hydrogen) atoms. The Labute approximate surface area is 173 Å². The van der Waals surface area contributed by atoms with Gasteiger partial charge in [0, 0.05) is 17.1 Å². The van der Waals surface area contributed by atoms with E-state index in [2.05, 4.69) is 36.1 Å². The molecule has 0 aliphatic heterocycles. The van der Waals surface area contributed by atoms with E-state index >= 15 is 0 Å². The van der Waals surface area contributed by atoms with E-state index in [4.69, 9.17) is 10.5 Å². The zero-order valence-electron chi connectivity index (χ0n) is 16.8. The standard InChI is InChI=1S/C21H24N4O3S/c1-12(28-15-7-5-14(6-8-15)21(2,3)4)19(27)25-20-24-17(11-29-20)13-9-16(18(22)26)23-10-13/h5-12,23H,1-4H3,(H2,22,26)(H,24,25,27). The number of ether oxygens (including phenoxy) is 1. The first-order valence-electron chi connectivity index (χ1n) is 9.15. The SMILES string of the molecule is CC(Oc1ccc(C(C)(C)C)cc1)C(=O)Nc1nc(-c2c[nH]c(C(N)=O)c2)cs1. The lowest BCUT2D eigenvalue weighted by Crippen LogP contribution is -2.30. The van der Waals surface area contributed by atoms with E-state index in [1.807, 2.05) is 24.3 Å². The highest BCUT2D eigenvalue weighted by Crippen LogP contribution is 2.27. The largest absolute Gasteiger partial charge is 0.481 e. The first kappa shape index (κ1) is 20.6. The number of H-pyrrole nitrogens is 1. The average Bonchev–Trinajstić information content (AvgIpc) is 3.30. The summed E-state index contributed by atoms with van der Waals surface area (Å²) in [5, 5.41) is 5.00. The molecular weight excluding hydrogens is 388 g/mol. The predicted octanol–water partition coefficient (Wildman–Crippen LogP) is 3.94. The van der Waals surface area contributed by atoms with Crippen molar-refractivity contribution in [1.29, 1.82) is 0 Å². The number of benzene rings is 1. The van der Waals surface area contributed by atoms with Crippen molar-refractivity contribution in [3.8, 4) is 17.0 Å². The third kappa shape index (κ3) is 5.03. The van der Waals surface area contributed by atoms with E-state index in [-0.39, 0.29) is 11.3 Å². The maximum absolute atomic E-state index is 12.4. The smallest absolute Gasteiger partial charge is 0.266 e. The molecule has 1 aromatic carbocycles. The molecule has 3 rings (SSSR count). The van der Waals surface area contributed by atoms with Crippen LogP contribution in [-0.4, -0.2) is 27.9 Å². The normalized spacial score (nSPS) is 12.4. The van der Waals surface area contributed by atoms with Crippen molar-refractivity contribution < 1.29 is 14.3 Å². The Balaban J connectivity index is 1.61. The minimum atomic E-state index is -0.684. The van der Waals surface area contributed by atoms with Crippen molar-refractivity contribution in [1.82, 2.24) is 9.97 Å². The van der Waals surface area contributed by atoms with Crippen molar-refractivity contribution in [3.63, 3.8) is 0 Å². The van der Waals surface area contributed by atoms with Gasteiger partial charge in [-0.2, -0.15) is 0 Å². The number of carbonyl (C=O) groups is 2. The van der Waals surface area contributed by atoms with Gasteiger partial charge >= 0.3 is 0 Å². The van der Waals surface area contributed by atoms with Crippen molar-refractivity contribution in [2.75, 3.05) is 5.32 Å². The van der Waals surface area contributed by atoms with Gasteiger partial charge in [0.25, 0.3) is 11.8 Å². The number of aromatic nitrogens is 2. The van der Waals surface area contributed by atoms with Gasteiger partial charge in [-0.15, -0.1) is 11.3 Å². The highest BCUT2D eigenvalue weighted by molar-refractivity contribution is 7.14. The van der Waals surface area contributed by atoms with Crippen molar-refractivity contribution in [2.24, 2.45) is 5.73 Å². The van der Waals surface area contributed by atoms with Crippen LogP contribution in [0.1, 0.15) is 43.7 Å².